The van der Waals surface area contributed by atoms with Crippen LogP contribution in [0.25, 0.3) is 0 Å². The average Bonchev–Trinajstić information content (AvgIpc) is 1.52. The largest absolute Gasteiger partial charge is 0.390 e. The Balaban J connectivity index is 0.000000256. The summed E-state index contributed by atoms with van der Waals surface area (Å²) in [6.07, 6.45) is 10.9. The van der Waals surface area contributed by atoms with E-state index in [1.807, 2.05) is 62.3 Å². The van der Waals surface area contributed by atoms with E-state index >= 15 is 0 Å². The van der Waals surface area contributed by atoms with E-state index in [9.17, 15) is 0 Å². The molecule has 2 aromatic carbocycles. The molecule has 0 spiro atoms. The number of pyridine rings is 2. The van der Waals surface area contributed by atoms with Crippen molar-refractivity contribution in [2.75, 3.05) is 0 Å². The van der Waals surface area contributed by atoms with Crippen molar-refractivity contribution in [3.05, 3.63) is 123 Å². The summed E-state index contributed by atoms with van der Waals surface area (Å²) in [5.74, 6) is 8.65. The van der Waals surface area contributed by atoms with Gasteiger partial charge in [0, 0.05) is 72.9 Å². The molecule has 6 aliphatic carbocycles. The van der Waals surface area contributed by atoms with E-state index in [2.05, 4.69) is 304 Å². The van der Waals surface area contributed by atoms with Gasteiger partial charge in [0.05, 0.1) is 0 Å². The fraction of sp³-hybridized carbons (Fsp3) is 0.763. The van der Waals surface area contributed by atoms with Crippen LogP contribution in [0.5, 0.6) is 0 Å². The van der Waals surface area contributed by atoms with Crippen LogP contribution in [0.4, 0.5) is 0 Å². The summed E-state index contributed by atoms with van der Waals surface area (Å²) in [7, 11) is 0. The van der Waals surface area contributed by atoms with Gasteiger partial charge in [-0.3, -0.25) is 9.97 Å². The first-order valence-electron chi connectivity index (χ1n) is 53.7. The van der Waals surface area contributed by atoms with E-state index in [0.717, 1.165) is 97.7 Å². The van der Waals surface area contributed by atoms with Gasteiger partial charge < -0.3 is 63.4 Å². The summed E-state index contributed by atoms with van der Waals surface area (Å²) in [4.78, 5) is 46.7. The second-order valence-electron chi connectivity index (χ2n) is 52.6. The molecule has 0 aliphatic heterocycles. The number of hydrogen-bond acceptors (Lipinski definition) is 14. The van der Waals surface area contributed by atoms with Crippen molar-refractivity contribution >= 4 is 35.0 Å². The van der Waals surface area contributed by atoms with Gasteiger partial charge in [0.2, 0.25) is 0 Å². The predicted octanol–water partition coefficient (Wildman–Crippen LogP) is 30.4. The normalized spacial score (nSPS) is 23.5. The SMILES string of the molecule is CC(C)c1c(/C(N)=N/OC(C)(C)C)c(C(C)C)c(C(C)C)c(/C(N)=N/OC(C)(C)C)c1C(C)C.CC(C)c1c(/C(N)=N/OC2CC3(C)CCC2C3(C)C)c(C(C)C)c(C(C)C)c(/C(N)=N/OC2CC3CCC2(C)C3(C)C)c1C(C)C.CC(C)c1nc(C(C)C)c(C(C)C)c(/C(N)=N/OC(C)(C)C)c1C(C)C.CC(C)c1nc(C(C)C)c(C(C)C)c(/C(N)=N/OC2CC3CCC2(C)C3(C)C)c1C(C)C. The third-order valence-corrected chi connectivity index (χ3v) is 32.7. The average molecular weight is 1910 g/mol. The Labute approximate surface area is 841 Å². The minimum atomic E-state index is -0.441. The molecule has 20 heteroatoms. The van der Waals surface area contributed by atoms with Crippen LogP contribution in [0.1, 0.15) is 622 Å². The molecular formula is C118H202N14O6. The molecule has 10 rings (SSSR count). The van der Waals surface area contributed by atoms with Crippen LogP contribution in [0, 0.1) is 50.2 Å². The zero-order chi connectivity index (χ0) is 106. The maximum absolute atomic E-state index is 7.08. The summed E-state index contributed by atoms with van der Waals surface area (Å²) in [5.41, 5.74) is 65.8. The second kappa shape index (κ2) is 44.3. The van der Waals surface area contributed by atoms with Gasteiger partial charge in [-0.05, 0) is 315 Å². The fourth-order valence-corrected chi connectivity index (χ4v) is 24.6. The molecule has 2 heterocycles. The minimum absolute atomic E-state index is 0.0798. The van der Waals surface area contributed by atoms with Crippen molar-refractivity contribution < 1.29 is 29.0 Å². The van der Waals surface area contributed by atoms with Gasteiger partial charge in [-0.25, -0.2) is 0 Å². The Morgan fingerprint density at radius 1 is 0.268 bits per heavy atom. The number of amidine groups is 6. The molecule has 2 aromatic heterocycles. The van der Waals surface area contributed by atoms with Crippen molar-refractivity contribution in [3.63, 3.8) is 0 Å². The lowest BCUT2D eigenvalue weighted by atomic mass is 9.70. The van der Waals surface area contributed by atoms with E-state index in [1.165, 1.54) is 83.0 Å². The monoisotopic (exact) mass is 1910 g/mol. The Bertz CT molecular complexity index is 4840. The zero-order valence-electron chi connectivity index (χ0n) is 97.1. The van der Waals surface area contributed by atoms with E-state index < -0.39 is 11.2 Å². The Kier molecular flexibility index (Phi) is 37.7. The minimum Gasteiger partial charge on any atom is -0.390 e. The molecule has 20 nitrogen and oxygen atoms in total. The molecule has 0 radical (unpaired) electrons. The van der Waals surface area contributed by atoms with Crippen molar-refractivity contribution in [1.29, 1.82) is 0 Å². The molecular weight excluding hydrogens is 1710 g/mol. The van der Waals surface area contributed by atoms with E-state index in [4.69, 9.17) is 83.7 Å². The first-order chi connectivity index (χ1) is 63.0. The van der Waals surface area contributed by atoms with Crippen LogP contribution >= 0.6 is 0 Å². The van der Waals surface area contributed by atoms with Gasteiger partial charge in [-0.15, -0.1) is 0 Å². The lowest BCUT2D eigenvalue weighted by Gasteiger charge is -2.37. The molecule has 9 atom stereocenters. The van der Waals surface area contributed by atoms with Gasteiger partial charge in [-0.2, -0.15) is 0 Å². The maximum Gasteiger partial charge on any atom is 0.171 e. The molecule has 6 fully saturated rings. The van der Waals surface area contributed by atoms with Gasteiger partial charge in [0.25, 0.3) is 0 Å². The highest BCUT2D eigenvalue weighted by molar-refractivity contribution is 6.08. The highest BCUT2D eigenvalue weighted by Gasteiger charge is 2.65. The molecule has 9 unspecified atom stereocenters. The number of hydrogen-bond donors (Lipinski definition) is 6. The van der Waals surface area contributed by atoms with Crippen LogP contribution in [0.15, 0.2) is 30.9 Å². The summed E-state index contributed by atoms with van der Waals surface area (Å²) < 4.78 is 0. The second-order valence-corrected chi connectivity index (χ2v) is 52.6. The van der Waals surface area contributed by atoms with E-state index in [-0.39, 0.29) is 92.9 Å². The van der Waals surface area contributed by atoms with Crippen LogP contribution < -0.4 is 34.4 Å². The Morgan fingerprint density at radius 3 is 0.630 bits per heavy atom. The van der Waals surface area contributed by atoms with Crippen LogP contribution in [0.2, 0.25) is 0 Å². The third kappa shape index (κ3) is 24.2. The van der Waals surface area contributed by atoms with Crippen molar-refractivity contribution in [2.45, 2.75) is 534 Å². The van der Waals surface area contributed by atoms with Crippen LogP contribution in [0.3, 0.4) is 0 Å². The number of benzene rings is 2. The number of nitrogens with zero attached hydrogens (tertiary/aromatic N) is 8. The molecule has 780 valence electrons. The Morgan fingerprint density at radius 2 is 0.471 bits per heavy atom. The number of oxime groups is 6. The zero-order valence-corrected chi connectivity index (χ0v) is 97.1. The van der Waals surface area contributed by atoms with E-state index in [1.54, 1.807) is 0 Å². The fourth-order valence-electron chi connectivity index (χ4n) is 24.6. The predicted molar refractivity (Wildman–Crippen MR) is 586 cm³/mol. The van der Waals surface area contributed by atoms with Gasteiger partial charge in [0.1, 0.15) is 35.1 Å². The molecule has 12 N–H and O–H groups in total. The van der Waals surface area contributed by atoms with Crippen molar-refractivity contribution in [1.82, 2.24) is 9.97 Å². The van der Waals surface area contributed by atoms with Gasteiger partial charge in [0.15, 0.2) is 35.0 Å². The van der Waals surface area contributed by atoms with Crippen LogP contribution in [-0.2, 0) is 29.0 Å². The summed E-state index contributed by atoms with van der Waals surface area (Å²) >= 11 is 0. The van der Waals surface area contributed by atoms with E-state index in [0.29, 0.717) is 111 Å². The van der Waals surface area contributed by atoms with Gasteiger partial charge >= 0.3 is 0 Å². The number of nitrogens with two attached hydrogens (primary N) is 6. The number of rotatable bonds is 31. The third-order valence-electron chi connectivity index (χ3n) is 32.7. The molecule has 6 bridgehead atoms. The van der Waals surface area contributed by atoms with Crippen LogP contribution in [-0.4, -0.2) is 80.1 Å². The smallest absolute Gasteiger partial charge is 0.171 e. The topological polar surface area (TPSA) is 311 Å². The summed E-state index contributed by atoms with van der Waals surface area (Å²) in [6, 6.07) is 0. The highest BCUT2D eigenvalue weighted by atomic mass is 16.7. The maximum atomic E-state index is 7.08. The lowest BCUT2D eigenvalue weighted by molar-refractivity contribution is -0.0446. The Hall–Kier alpha value is -7.64. The van der Waals surface area contributed by atoms with Crippen molar-refractivity contribution in [3.8, 4) is 0 Å². The molecule has 4 aromatic rings. The molecule has 0 saturated heterocycles. The summed E-state index contributed by atoms with van der Waals surface area (Å²) in [6.45, 7) is 110. The highest BCUT2D eigenvalue weighted by Crippen LogP contribution is 2.69. The lowest BCUT2D eigenvalue weighted by Crippen LogP contribution is -2.37. The molecule has 6 saturated carbocycles. The molecule has 0 amide bonds. The molecule has 6 aliphatic rings. The quantitative estimate of drug-likeness (QED) is 0.0155. The first kappa shape index (κ1) is 117. The standard InChI is InChI=1S/C40H66N4O2.C28H50N4O2.C28H47N3O.C22H39N3O/c1-21(2)29-31(23(5)6)34(36(42)44-46-28-19-25-15-18-40(28,14)37(25,9)10)32(24(7)8)30(22(3)4)33(29)35(41)43-45-27-20-39(13)17-16-26(27)38(39,11)12;1-15(2)19-20(16(3)4)24(26(30)32-34-28(12,13)14)22(18(7)8)21(17(5)6)23(19)25(29)31-33-27(9,10)11;1-15(2)21-23(22(16(3)4)25(18(7)8)30-24(21)17(5)6)26(29)31-32-20-14-19-12-13-28(20,11)27(19,9)10;1-12(2)16-18(21(23)25-26-22(9,10)11)17(13(3)4)20(15(7)8)24-19(16)14(5)6/h21-28H,15-20H2,1-14H3,(H2,41,43)(H2,42,44);15-18H,1-14H3,(H2,29,31)(H2,30,32);15-20H,12-14H2,1-11H3,(H2,29,31);12-15H,1-11H3,(H2,23,25). The summed E-state index contributed by atoms with van der Waals surface area (Å²) in [5, 5.41) is 27.4. The number of aromatic nitrogens is 2. The molecule has 138 heavy (non-hydrogen) atoms. The number of fused-ring (bicyclic) bond motifs is 6. The van der Waals surface area contributed by atoms with Gasteiger partial charge in [-0.1, -0.05) is 315 Å². The first-order valence-corrected chi connectivity index (χ1v) is 53.7. The van der Waals surface area contributed by atoms with Crippen molar-refractivity contribution in [2.24, 2.45) is 116 Å².